The first-order chi connectivity index (χ1) is 10.2. The topological polar surface area (TPSA) is 64.6 Å². The minimum atomic E-state index is -0.885. The fraction of sp³-hybridized carbons (Fsp3) is 0.500. The fourth-order valence-corrected chi connectivity index (χ4v) is 2.70. The number of ether oxygens (including phenoxy) is 2. The van der Waals surface area contributed by atoms with Crippen molar-refractivity contribution in [3.8, 4) is 5.75 Å². The molecule has 1 amide bonds. The lowest BCUT2D eigenvalue weighted by molar-refractivity contribution is -0.152. The van der Waals surface area contributed by atoms with Crippen molar-refractivity contribution in [1.29, 1.82) is 0 Å². The SMILES string of the molecule is COC(=O)C1(NC(=O)COc2ccccc2)CCCCC1. The second kappa shape index (κ2) is 7.11. The lowest BCUT2D eigenvalue weighted by atomic mass is 9.81. The van der Waals surface area contributed by atoms with Gasteiger partial charge in [-0.05, 0) is 25.0 Å². The van der Waals surface area contributed by atoms with Crippen LogP contribution in [0.1, 0.15) is 32.1 Å². The Kier molecular flexibility index (Phi) is 5.20. The van der Waals surface area contributed by atoms with Crippen LogP contribution in [0.25, 0.3) is 0 Å². The molecule has 2 rings (SSSR count). The molecule has 21 heavy (non-hydrogen) atoms. The van der Waals surface area contributed by atoms with E-state index in [2.05, 4.69) is 5.32 Å². The van der Waals surface area contributed by atoms with E-state index < -0.39 is 5.54 Å². The first kappa shape index (κ1) is 15.4. The van der Waals surface area contributed by atoms with E-state index in [1.54, 1.807) is 12.1 Å². The summed E-state index contributed by atoms with van der Waals surface area (Å²) >= 11 is 0. The number of amides is 1. The number of hydrogen-bond acceptors (Lipinski definition) is 4. The molecule has 1 N–H and O–H groups in total. The Labute approximate surface area is 124 Å². The standard InChI is InChI=1S/C16H21NO4/c1-20-15(19)16(10-6-3-7-11-16)17-14(18)12-21-13-8-4-2-5-9-13/h2,4-5,8-9H,3,6-7,10-12H2,1H3,(H,17,18). The molecule has 1 aliphatic rings. The third-order valence-corrected chi connectivity index (χ3v) is 3.78. The minimum Gasteiger partial charge on any atom is -0.484 e. The first-order valence-electron chi connectivity index (χ1n) is 7.23. The largest absolute Gasteiger partial charge is 0.484 e. The zero-order chi connectivity index (χ0) is 15.1. The van der Waals surface area contributed by atoms with Gasteiger partial charge in [-0.1, -0.05) is 37.5 Å². The average molecular weight is 291 g/mol. The Morgan fingerprint density at radius 1 is 1.14 bits per heavy atom. The van der Waals surface area contributed by atoms with Gasteiger partial charge in [0, 0.05) is 0 Å². The molecule has 0 bridgehead atoms. The lowest BCUT2D eigenvalue weighted by Crippen LogP contribution is -2.57. The van der Waals surface area contributed by atoms with Crippen LogP contribution in [0, 0.1) is 0 Å². The third-order valence-electron chi connectivity index (χ3n) is 3.78. The Balaban J connectivity index is 1.93. The second-order valence-corrected chi connectivity index (χ2v) is 5.28. The normalized spacial score (nSPS) is 16.8. The van der Waals surface area contributed by atoms with E-state index in [0.717, 1.165) is 19.3 Å². The van der Waals surface area contributed by atoms with Crippen LogP contribution in [0.15, 0.2) is 30.3 Å². The van der Waals surface area contributed by atoms with Crippen LogP contribution < -0.4 is 10.1 Å². The van der Waals surface area contributed by atoms with Gasteiger partial charge in [-0.25, -0.2) is 4.79 Å². The van der Waals surface area contributed by atoms with E-state index in [-0.39, 0.29) is 18.5 Å². The summed E-state index contributed by atoms with van der Waals surface area (Å²) in [6.07, 6.45) is 4.15. The second-order valence-electron chi connectivity index (χ2n) is 5.28. The first-order valence-corrected chi connectivity index (χ1v) is 7.23. The van der Waals surface area contributed by atoms with Crippen molar-refractivity contribution in [2.45, 2.75) is 37.6 Å². The van der Waals surface area contributed by atoms with Crippen molar-refractivity contribution in [1.82, 2.24) is 5.32 Å². The smallest absolute Gasteiger partial charge is 0.331 e. The maximum absolute atomic E-state index is 12.1. The molecule has 5 heteroatoms. The molecule has 1 aliphatic carbocycles. The fourth-order valence-electron chi connectivity index (χ4n) is 2.70. The molecule has 1 saturated carbocycles. The molecule has 5 nitrogen and oxygen atoms in total. The van der Waals surface area contributed by atoms with E-state index in [1.165, 1.54) is 7.11 Å². The highest BCUT2D eigenvalue weighted by Crippen LogP contribution is 2.29. The van der Waals surface area contributed by atoms with Crippen LogP contribution in [-0.2, 0) is 14.3 Å². The predicted molar refractivity (Wildman–Crippen MR) is 77.9 cm³/mol. The molecular weight excluding hydrogens is 270 g/mol. The molecule has 1 fully saturated rings. The maximum atomic E-state index is 12.1. The number of rotatable bonds is 5. The van der Waals surface area contributed by atoms with Crippen LogP contribution in [0.3, 0.4) is 0 Å². The highest BCUT2D eigenvalue weighted by atomic mass is 16.5. The Morgan fingerprint density at radius 3 is 2.43 bits per heavy atom. The van der Waals surface area contributed by atoms with Crippen molar-refractivity contribution >= 4 is 11.9 Å². The Bertz CT molecular complexity index is 480. The summed E-state index contributed by atoms with van der Waals surface area (Å²) in [4.78, 5) is 24.1. The molecule has 0 saturated heterocycles. The van der Waals surface area contributed by atoms with Gasteiger partial charge in [-0.2, -0.15) is 0 Å². The van der Waals surface area contributed by atoms with Crippen molar-refractivity contribution in [2.75, 3.05) is 13.7 Å². The van der Waals surface area contributed by atoms with Gasteiger partial charge < -0.3 is 14.8 Å². The molecule has 0 atom stereocenters. The van der Waals surface area contributed by atoms with Gasteiger partial charge in [0.2, 0.25) is 0 Å². The van der Waals surface area contributed by atoms with Crippen molar-refractivity contribution in [3.63, 3.8) is 0 Å². The molecule has 0 aliphatic heterocycles. The summed E-state index contributed by atoms with van der Waals surface area (Å²) in [7, 11) is 1.35. The molecule has 114 valence electrons. The number of nitrogens with one attached hydrogen (secondary N) is 1. The summed E-state index contributed by atoms with van der Waals surface area (Å²) in [5, 5.41) is 2.81. The molecule has 0 radical (unpaired) electrons. The van der Waals surface area contributed by atoms with Gasteiger partial charge in [-0.3, -0.25) is 4.79 Å². The number of methoxy groups -OCH3 is 1. The lowest BCUT2D eigenvalue weighted by Gasteiger charge is -2.35. The summed E-state index contributed by atoms with van der Waals surface area (Å²) in [5.41, 5.74) is -0.885. The van der Waals surface area contributed by atoms with Gasteiger partial charge in [0.25, 0.3) is 5.91 Å². The van der Waals surface area contributed by atoms with Gasteiger partial charge in [0.1, 0.15) is 11.3 Å². The van der Waals surface area contributed by atoms with Gasteiger partial charge >= 0.3 is 5.97 Å². The van der Waals surface area contributed by atoms with Gasteiger partial charge in [0.15, 0.2) is 6.61 Å². The zero-order valence-electron chi connectivity index (χ0n) is 12.3. The molecule has 1 aromatic rings. The van der Waals surface area contributed by atoms with Gasteiger partial charge in [-0.15, -0.1) is 0 Å². The maximum Gasteiger partial charge on any atom is 0.331 e. The zero-order valence-corrected chi connectivity index (χ0v) is 12.3. The van der Waals surface area contributed by atoms with Crippen LogP contribution in [-0.4, -0.2) is 31.1 Å². The van der Waals surface area contributed by atoms with Crippen molar-refractivity contribution < 1.29 is 19.1 Å². The molecule has 0 spiro atoms. The highest BCUT2D eigenvalue weighted by molar-refractivity contribution is 5.88. The van der Waals surface area contributed by atoms with E-state index in [4.69, 9.17) is 9.47 Å². The third kappa shape index (κ3) is 3.97. The molecule has 1 aromatic carbocycles. The van der Waals surface area contributed by atoms with Crippen LogP contribution in [0.2, 0.25) is 0 Å². The Hall–Kier alpha value is -2.04. The van der Waals surface area contributed by atoms with Crippen LogP contribution in [0.4, 0.5) is 0 Å². The van der Waals surface area contributed by atoms with Crippen molar-refractivity contribution in [3.05, 3.63) is 30.3 Å². The number of esters is 1. The highest BCUT2D eigenvalue weighted by Gasteiger charge is 2.41. The van der Waals surface area contributed by atoms with E-state index >= 15 is 0 Å². The predicted octanol–water partition coefficient (Wildman–Crippen LogP) is 2.06. The van der Waals surface area contributed by atoms with E-state index in [0.29, 0.717) is 18.6 Å². The monoisotopic (exact) mass is 291 g/mol. The number of carbonyl (C=O) groups is 2. The van der Waals surface area contributed by atoms with Crippen molar-refractivity contribution in [2.24, 2.45) is 0 Å². The number of benzene rings is 1. The number of carbonyl (C=O) groups excluding carboxylic acids is 2. The quantitative estimate of drug-likeness (QED) is 0.843. The molecule has 0 unspecified atom stereocenters. The summed E-state index contributed by atoms with van der Waals surface area (Å²) in [6.45, 7) is -0.108. The van der Waals surface area contributed by atoms with Crippen LogP contribution in [0.5, 0.6) is 5.75 Å². The van der Waals surface area contributed by atoms with Crippen LogP contribution >= 0.6 is 0 Å². The molecule has 0 heterocycles. The summed E-state index contributed by atoms with van der Waals surface area (Å²) < 4.78 is 10.3. The Morgan fingerprint density at radius 2 is 1.81 bits per heavy atom. The average Bonchev–Trinajstić information content (AvgIpc) is 2.54. The minimum absolute atomic E-state index is 0.108. The van der Waals surface area contributed by atoms with E-state index in [9.17, 15) is 9.59 Å². The van der Waals surface area contributed by atoms with E-state index in [1.807, 2.05) is 18.2 Å². The number of hydrogen-bond donors (Lipinski definition) is 1. The summed E-state index contributed by atoms with van der Waals surface area (Å²) in [5.74, 6) is -0.0372. The number of para-hydroxylation sites is 1. The summed E-state index contributed by atoms with van der Waals surface area (Å²) in [6, 6.07) is 9.11. The van der Waals surface area contributed by atoms with Gasteiger partial charge in [0.05, 0.1) is 7.11 Å². The molecule has 0 aromatic heterocycles. The molecular formula is C16H21NO4.